The number of halogens is 3. The highest BCUT2D eigenvalue weighted by molar-refractivity contribution is 7.80. The van der Waals surface area contributed by atoms with Gasteiger partial charge >= 0.3 is 0 Å². The first-order chi connectivity index (χ1) is 6.61. The van der Waals surface area contributed by atoms with Crippen molar-refractivity contribution in [2.24, 2.45) is 0 Å². The molecule has 0 aliphatic rings. The van der Waals surface area contributed by atoms with Crippen molar-refractivity contribution < 1.29 is 8.78 Å². The number of alkyl halides is 2. The largest absolute Gasteiger partial charge is 0.265 e. The number of hydrogen-bond donors (Lipinski definition) is 1. The van der Waals surface area contributed by atoms with Crippen molar-refractivity contribution in [3.63, 3.8) is 0 Å². The van der Waals surface area contributed by atoms with Crippen LogP contribution in [-0.2, 0) is 0 Å². The summed E-state index contributed by atoms with van der Waals surface area (Å²) in [6.45, 7) is 0. The summed E-state index contributed by atoms with van der Waals surface area (Å²) in [5, 5.41) is 2.95. The van der Waals surface area contributed by atoms with Crippen LogP contribution in [0.2, 0.25) is 5.02 Å². The highest BCUT2D eigenvalue weighted by Crippen LogP contribution is 2.39. The van der Waals surface area contributed by atoms with Crippen LogP contribution >= 0.6 is 35.6 Å². The van der Waals surface area contributed by atoms with Gasteiger partial charge < -0.3 is 0 Å². The van der Waals surface area contributed by atoms with Crippen molar-refractivity contribution in [1.82, 2.24) is 0 Å². The number of fused-ring (bicyclic) bond motifs is 1. The molecule has 5 heteroatoms. The predicted octanol–water partition coefficient (Wildman–Crippen LogP) is 4.78. The summed E-state index contributed by atoms with van der Waals surface area (Å²) < 4.78 is 25.8. The molecule has 2 rings (SSSR count). The molecule has 0 atom stereocenters. The molecule has 14 heavy (non-hydrogen) atoms. The van der Waals surface area contributed by atoms with Crippen LogP contribution in [0, 0.1) is 0 Å². The van der Waals surface area contributed by atoms with Crippen LogP contribution in [0.25, 0.3) is 10.1 Å². The Morgan fingerprint density at radius 1 is 1.43 bits per heavy atom. The average molecular weight is 251 g/mol. The van der Waals surface area contributed by atoms with Crippen LogP contribution < -0.4 is 0 Å². The van der Waals surface area contributed by atoms with E-state index in [9.17, 15) is 8.78 Å². The number of hydrogen-bond acceptors (Lipinski definition) is 2. The molecule has 1 heterocycles. The topological polar surface area (TPSA) is 0 Å². The zero-order chi connectivity index (χ0) is 10.3. The third-order valence-corrected chi connectivity index (χ3v) is 3.81. The normalized spacial score (nSPS) is 11.5. The zero-order valence-electron chi connectivity index (χ0n) is 6.80. The summed E-state index contributed by atoms with van der Waals surface area (Å²) in [5.74, 6) is 0. The second kappa shape index (κ2) is 3.68. The summed E-state index contributed by atoms with van der Waals surface area (Å²) in [7, 11) is 0. The van der Waals surface area contributed by atoms with E-state index in [-0.39, 0.29) is 5.56 Å². The van der Waals surface area contributed by atoms with Gasteiger partial charge in [-0.15, -0.1) is 24.0 Å². The smallest absolute Gasteiger partial charge is 0.205 e. The van der Waals surface area contributed by atoms with Crippen LogP contribution in [0.5, 0.6) is 0 Å². The fourth-order valence-corrected chi connectivity index (χ4v) is 2.91. The van der Waals surface area contributed by atoms with Crippen LogP contribution in [0.4, 0.5) is 8.78 Å². The van der Waals surface area contributed by atoms with E-state index in [0.717, 1.165) is 10.1 Å². The van der Waals surface area contributed by atoms with Crippen molar-refractivity contribution in [3.8, 4) is 0 Å². The number of rotatable bonds is 1. The highest BCUT2D eigenvalue weighted by atomic mass is 35.5. The summed E-state index contributed by atoms with van der Waals surface area (Å²) in [4.78, 5) is 0.328. The molecule has 0 saturated heterocycles. The Morgan fingerprint density at radius 2 is 2.14 bits per heavy atom. The fraction of sp³-hybridized carbons (Fsp3) is 0.111. The maximum atomic E-state index is 12.5. The first kappa shape index (κ1) is 10.2. The Hall–Kier alpha value is -0.320. The van der Waals surface area contributed by atoms with E-state index in [2.05, 4.69) is 12.6 Å². The maximum absolute atomic E-state index is 12.5. The molecule has 0 nitrogen and oxygen atoms in total. The fourth-order valence-electron chi connectivity index (χ4n) is 1.26. The van der Waals surface area contributed by atoms with Crippen molar-refractivity contribution in [2.75, 3.05) is 0 Å². The molecule has 0 aliphatic carbocycles. The van der Waals surface area contributed by atoms with Crippen molar-refractivity contribution >= 4 is 45.7 Å². The Kier molecular flexibility index (Phi) is 2.68. The minimum Gasteiger partial charge on any atom is -0.205 e. The third-order valence-electron chi connectivity index (χ3n) is 1.93. The first-order valence-corrected chi connectivity index (χ1v) is 5.48. The lowest BCUT2D eigenvalue weighted by molar-refractivity contribution is 0.148. The van der Waals surface area contributed by atoms with Gasteiger partial charge in [0, 0.05) is 25.6 Å². The molecule has 0 N–H and O–H groups in total. The molecule has 0 radical (unpaired) electrons. The quantitative estimate of drug-likeness (QED) is 0.692. The molecular formula is C9H5ClF2S2. The van der Waals surface area contributed by atoms with Gasteiger partial charge in [0.25, 0.3) is 6.43 Å². The van der Waals surface area contributed by atoms with Crippen LogP contribution in [0.15, 0.2) is 22.4 Å². The summed E-state index contributed by atoms with van der Waals surface area (Å²) in [6.07, 6.45) is -2.54. The van der Waals surface area contributed by atoms with Crippen LogP contribution in [-0.4, -0.2) is 0 Å². The average Bonchev–Trinajstić information content (AvgIpc) is 2.59. The van der Waals surface area contributed by atoms with Gasteiger partial charge in [-0.2, -0.15) is 0 Å². The molecule has 2 aromatic rings. The molecule has 0 spiro atoms. The molecule has 0 fully saturated rings. The highest BCUT2D eigenvalue weighted by Gasteiger charge is 2.16. The Balaban J connectivity index is 2.82. The molecule has 0 unspecified atom stereocenters. The minimum absolute atomic E-state index is 0.103. The van der Waals surface area contributed by atoms with E-state index in [1.165, 1.54) is 17.4 Å². The second-order valence-electron chi connectivity index (χ2n) is 2.76. The Labute approximate surface area is 93.9 Å². The van der Waals surface area contributed by atoms with Gasteiger partial charge in [-0.3, -0.25) is 0 Å². The van der Waals surface area contributed by atoms with Gasteiger partial charge in [-0.1, -0.05) is 11.6 Å². The lowest BCUT2D eigenvalue weighted by atomic mass is 10.2. The molecule has 0 saturated carbocycles. The maximum Gasteiger partial charge on any atom is 0.265 e. The Bertz CT molecular complexity index is 479. The molecule has 0 amide bonds. The molecule has 0 bridgehead atoms. The van der Waals surface area contributed by atoms with Crippen LogP contribution in [0.3, 0.4) is 0 Å². The van der Waals surface area contributed by atoms with Gasteiger partial charge in [0.15, 0.2) is 0 Å². The molecule has 1 aromatic carbocycles. The van der Waals surface area contributed by atoms with E-state index in [0.29, 0.717) is 9.92 Å². The van der Waals surface area contributed by atoms with Gasteiger partial charge in [-0.25, -0.2) is 8.78 Å². The van der Waals surface area contributed by atoms with E-state index in [1.54, 1.807) is 6.07 Å². The lowest BCUT2D eigenvalue weighted by Gasteiger charge is -2.06. The lowest BCUT2D eigenvalue weighted by Crippen LogP contribution is -1.87. The summed E-state index contributed by atoms with van der Waals surface area (Å²) >= 11 is 11.3. The first-order valence-electron chi connectivity index (χ1n) is 3.78. The van der Waals surface area contributed by atoms with E-state index in [1.807, 2.05) is 5.38 Å². The number of thiol groups is 1. The van der Waals surface area contributed by atoms with Crippen molar-refractivity contribution in [3.05, 3.63) is 28.1 Å². The van der Waals surface area contributed by atoms with Crippen molar-refractivity contribution in [2.45, 2.75) is 11.3 Å². The SMILES string of the molecule is FC(F)c1cc(Cl)c2ccsc2c1S. The van der Waals surface area contributed by atoms with Crippen molar-refractivity contribution in [1.29, 1.82) is 0 Å². The van der Waals surface area contributed by atoms with Gasteiger partial charge in [0.05, 0.1) is 0 Å². The monoisotopic (exact) mass is 250 g/mol. The second-order valence-corrected chi connectivity index (χ2v) is 4.53. The predicted molar refractivity (Wildman–Crippen MR) is 59.0 cm³/mol. The summed E-state index contributed by atoms with van der Waals surface area (Å²) in [5.41, 5.74) is -0.103. The molecule has 1 aromatic heterocycles. The van der Waals surface area contributed by atoms with Gasteiger partial charge in [-0.05, 0) is 17.5 Å². The minimum atomic E-state index is -2.54. The van der Waals surface area contributed by atoms with E-state index < -0.39 is 6.43 Å². The molecule has 0 aliphatic heterocycles. The molecular weight excluding hydrogens is 246 g/mol. The standard InChI is InChI=1S/C9H5ClF2S2/c10-6-3-5(9(11)12)7(13)8-4(6)1-2-14-8/h1-3,9,13H. The van der Waals surface area contributed by atoms with Gasteiger partial charge in [0.1, 0.15) is 0 Å². The zero-order valence-corrected chi connectivity index (χ0v) is 9.27. The Morgan fingerprint density at radius 3 is 2.79 bits per heavy atom. The summed E-state index contributed by atoms with van der Waals surface area (Å²) in [6, 6.07) is 3.08. The van der Waals surface area contributed by atoms with E-state index in [4.69, 9.17) is 11.6 Å². The van der Waals surface area contributed by atoms with Gasteiger partial charge in [0.2, 0.25) is 0 Å². The number of thiophene rings is 1. The van der Waals surface area contributed by atoms with Crippen LogP contribution in [0.1, 0.15) is 12.0 Å². The number of benzene rings is 1. The molecule has 74 valence electrons. The third kappa shape index (κ3) is 1.51. The van der Waals surface area contributed by atoms with E-state index >= 15 is 0 Å².